The van der Waals surface area contributed by atoms with Crippen LogP contribution in [0.1, 0.15) is 37.8 Å². The molecule has 2 atom stereocenters. The van der Waals surface area contributed by atoms with E-state index in [0.717, 1.165) is 36.8 Å². The van der Waals surface area contributed by atoms with E-state index in [-0.39, 0.29) is 0 Å². The maximum Gasteiger partial charge on any atom is 0.119 e. The second-order valence-electron chi connectivity index (χ2n) is 9.83. The van der Waals surface area contributed by atoms with Crippen molar-refractivity contribution in [2.45, 2.75) is 50.8 Å². The number of anilines is 1. The van der Waals surface area contributed by atoms with Gasteiger partial charge in [-0.05, 0) is 80.8 Å². The summed E-state index contributed by atoms with van der Waals surface area (Å²) in [7, 11) is -0.931. The average molecular weight is 503 g/mol. The molecule has 3 aromatic carbocycles. The van der Waals surface area contributed by atoms with E-state index in [0.29, 0.717) is 12.6 Å². The van der Waals surface area contributed by atoms with Crippen LogP contribution >= 0.6 is 0 Å². The molecule has 1 aliphatic heterocycles. The molecule has 0 aliphatic carbocycles. The zero-order valence-electron chi connectivity index (χ0n) is 21.7. The fourth-order valence-electron chi connectivity index (χ4n) is 4.69. The molecule has 0 N–H and O–H groups in total. The number of nitrogens with zero attached hydrogens (tertiary/aromatic N) is 2. The van der Waals surface area contributed by atoms with Gasteiger partial charge >= 0.3 is 0 Å². The number of likely N-dealkylation sites (tertiary alicyclic amines) is 1. The number of hydrogen-bond acceptors (Lipinski definition) is 4. The number of benzene rings is 3. The van der Waals surface area contributed by atoms with E-state index in [4.69, 9.17) is 4.74 Å². The van der Waals surface area contributed by atoms with Crippen LogP contribution in [-0.4, -0.2) is 41.0 Å². The van der Waals surface area contributed by atoms with Crippen molar-refractivity contribution >= 4 is 16.5 Å². The minimum Gasteiger partial charge on any atom is -0.489 e. The third kappa shape index (κ3) is 7.55. The minimum atomic E-state index is -0.931. The predicted molar refractivity (Wildman–Crippen MR) is 151 cm³/mol. The first-order chi connectivity index (χ1) is 17.5. The fourth-order valence-corrected chi connectivity index (χ4v) is 5.21. The maximum atomic E-state index is 11.7. The van der Waals surface area contributed by atoms with Crippen molar-refractivity contribution in [3.8, 4) is 5.75 Å². The van der Waals surface area contributed by atoms with Crippen LogP contribution < -0.4 is 9.64 Å². The van der Waals surface area contributed by atoms with Gasteiger partial charge in [0.2, 0.25) is 0 Å². The topological polar surface area (TPSA) is 32.8 Å². The molecule has 1 fully saturated rings. The van der Waals surface area contributed by atoms with Crippen LogP contribution in [-0.2, 0) is 24.0 Å². The van der Waals surface area contributed by atoms with Gasteiger partial charge in [0.15, 0.2) is 0 Å². The lowest BCUT2D eigenvalue weighted by Crippen LogP contribution is -2.48. The number of ether oxygens (including phenoxy) is 1. The monoisotopic (exact) mass is 502 g/mol. The van der Waals surface area contributed by atoms with E-state index in [1.54, 1.807) is 6.26 Å². The molecule has 0 bridgehead atoms. The Morgan fingerprint density at radius 2 is 1.72 bits per heavy atom. The van der Waals surface area contributed by atoms with Crippen LogP contribution in [0.3, 0.4) is 0 Å². The molecule has 0 amide bonds. The van der Waals surface area contributed by atoms with Gasteiger partial charge in [0.25, 0.3) is 0 Å². The summed E-state index contributed by atoms with van der Waals surface area (Å²) in [5.74, 6) is 0.895. The molecule has 0 radical (unpaired) electrons. The second-order valence-corrected chi connectivity index (χ2v) is 11.2. The van der Waals surface area contributed by atoms with Gasteiger partial charge in [0.1, 0.15) is 12.4 Å². The van der Waals surface area contributed by atoms with E-state index >= 15 is 0 Å². The fraction of sp³-hybridized carbons (Fsp3) is 0.355. The number of hydrogen-bond donors (Lipinski definition) is 0. The van der Waals surface area contributed by atoms with Crippen LogP contribution in [0, 0.1) is 0 Å². The summed E-state index contributed by atoms with van der Waals surface area (Å²) >= 11 is 0. The van der Waals surface area contributed by atoms with Crippen LogP contribution in [0.2, 0.25) is 0 Å². The maximum absolute atomic E-state index is 11.7. The lowest BCUT2D eigenvalue weighted by Gasteiger charge is -2.40. The standard InChI is InChI=1S/C31H38N2O2S/c1-25(2)19-21-33(28-13-15-30(16-14-28)35-24-27-8-5-4-6-9-27)29-10-7-20-32(23-29)22-26-11-17-31(18-12-26)36(3)34/h4-6,8-9,11-19,29H,7,10,20-24H2,1-3H3. The first-order valence-electron chi connectivity index (χ1n) is 12.8. The van der Waals surface area contributed by atoms with Gasteiger partial charge in [0.05, 0.1) is 0 Å². The van der Waals surface area contributed by atoms with E-state index in [1.807, 2.05) is 30.3 Å². The smallest absolute Gasteiger partial charge is 0.119 e. The highest BCUT2D eigenvalue weighted by Gasteiger charge is 2.25. The molecular formula is C31H38N2O2S. The Bertz CT molecular complexity index is 1140. The highest BCUT2D eigenvalue weighted by atomic mass is 32.2. The molecule has 4 nitrogen and oxygen atoms in total. The second kappa shape index (κ2) is 12.9. The Balaban J connectivity index is 1.43. The average Bonchev–Trinajstić information content (AvgIpc) is 2.89. The molecule has 36 heavy (non-hydrogen) atoms. The number of allylic oxidation sites excluding steroid dienone is 1. The molecule has 0 spiro atoms. The first kappa shape index (κ1) is 26.2. The normalized spacial score (nSPS) is 16.8. The van der Waals surface area contributed by atoms with Crippen molar-refractivity contribution < 1.29 is 8.95 Å². The predicted octanol–water partition coefficient (Wildman–Crippen LogP) is 6.44. The number of piperidine rings is 1. The lowest BCUT2D eigenvalue weighted by atomic mass is 10.0. The van der Waals surface area contributed by atoms with Crippen molar-refractivity contribution in [1.82, 2.24) is 4.90 Å². The molecule has 3 aromatic rings. The van der Waals surface area contributed by atoms with E-state index < -0.39 is 10.8 Å². The zero-order chi connectivity index (χ0) is 25.3. The first-order valence-corrected chi connectivity index (χ1v) is 14.4. The molecule has 0 aromatic heterocycles. The van der Waals surface area contributed by atoms with Crippen molar-refractivity contribution in [3.63, 3.8) is 0 Å². The van der Waals surface area contributed by atoms with Crippen molar-refractivity contribution in [3.05, 3.63) is 102 Å². The van der Waals surface area contributed by atoms with Gasteiger partial charge in [-0.2, -0.15) is 0 Å². The summed E-state index contributed by atoms with van der Waals surface area (Å²) in [5, 5.41) is 0. The molecule has 190 valence electrons. The Morgan fingerprint density at radius 3 is 2.39 bits per heavy atom. The Hall–Kier alpha value is -2.89. The molecule has 1 saturated heterocycles. The van der Waals surface area contributed by atoms with Gasteiger partial charge in [0, 0.05) is 53.3 Å². The summed E-state index contributed by atoms with van der Waals surface area (Å²) < 4.78 is 17.7. The summed E-state index contributed by atoms with van der Waals surface area (Å²) in [6.07, 6.45) is 6.42. The molecule has 0 saturated carbocycles. The van der Waals surface area contributed by atoms with Crippen LogP contribution in [0.5, 0.6) is 5.75 Å². The highest BCUT2D eigenvalue weighted by Crippen LogP contribution is 2.27. The van der Waals surface area contributed by atoms with Gasteiger partial charge < -0.3 is 9.64 Å². The summed E-state index contributed by atoms with van der Waals surface area (Å²) in [5.41, 5.74) is 5.03. The Morgan fingerprint density at radius 1 is 1.00 bits per heavy atom. The van der Waals surface area contributed by atoms with E-state index in [9.17, 15) is 4.21 Å². The summed E-state index contributed by atoms with van der Waals surface area (Å²) in [4.78, 5) is 5.99. The quantitative estimate of drug-likeness (QED) is 0.299. The molecule has 4 rings (SSSR count). The molecule has 1 heterocycles. The SMILES string of the molecule is CC(C)=CCN(c1ccc(OCc2ccccc2)cc1)C1CCCN(Cc2ccc(S(C)=O)cc2)C1. The van der Waals surface area contributed by atoms with Crippen LogP contribution in [0.25, 0.3) is 0 Å². The summed E-state index contributed by atoms with van der Waals surface area (Å²) in [6.45, 7) is 8.88. The molecule has 1 aliphatic rings. The minimum absolute atomic E-state index is 0.452. The van der Waals surface area contributed by atoms with E-state index in [2.05, 4.69) is 78.3 Å². The van der Waals surface area contributed by atoms with Gasteiger partial charge in [-0.3, -0.25) is 9.11 Å². The third-order valence-electron chi connectivity index (χ3n) is 6.70. The Labute approximate surface area is 219 Å². The third-order valence-corrected chi connectivity index (χ3v) is 7.63. The largest absolute Gasteiger partial charge is 0.489 e. The Kier molecular flexibility index (Phi) is 9.37. The van der Waals surface area contributed by atoms with Crippen LogP contribution in [0.15, 0.2) is 95.4 Å². The molecular weight excluding hydrogens is 464 g/mol. The van der Waals surface area contributed by atoms with Crippen LogP contribution in [0.4, 0.5) is 5.69 Å². The lowest BCUT2D eigenvalue weighted by molar-refractivity contribution is 0.197. The molecule has 5 heteroatoms. The number of rotatable bonds is 10. The van der Waals surface area contributed by atoms with Gasteiger partial charge in [-0.25, -0.2) is 0 Å². The van der Waals surface area contributed by atoms with Gasteiger partial charge in [-0.1, -0.05) is 54.1 Å². The highest BCUT2D eigenvalue weighted by molar-refractivity contribution is 7.84. The van der Waals surface area contributed by atoms with Crippen molar-refractivity contribution in [2.75, 3.05) is 30.8 Å². The van der Waals surface area contributed by atoms with Crippen molar-refractivity contribution in [1.29, 1.82) is 0 Å². The van der Waals surface area contributed by atoms with E-state index in [1.165, 1.54) is 35.2 Å². The molecule has 2 unspecified atom stereocenters. The van der Waals surface area contributed by atoms with Crippen molar-refractivity contribution in [2.24, 2.45) is 0 Å². The summed E-state index contributed by atoms with van der Waals surface area (Å²) in [6, 6.07) is 27.5. The van der Waals surface area contributed by atoms with Gasteiger partial charge in [-0.15, -0.1) is 0 Å². The zero-order valence-corrected chi connectivity index (χ0v) is 22.5.